The van der Waals surface area contributed by atoms with E-state index in [9.17, 15) is 9.18 Å². The second kappa shape index (κ2) is 5.82. The molecule has 0 N–H and O–H groups in total. The summed E-state index contributed by atoms with van der Waals surface area (Å²) < 4.78 is 17.3. The number of hydrogen-bond donors (Lipinski definition) is 0. The summed E-state index contributed by atoms with van der Waals surface area (Å²) in [6, 6.07) is 3.49. The lowest BCUT2D eigenvalue weighted by molar-refractivity contribution is -0.135. The standard InChI is InChI=1S/C12H12ClFN2O2/c13-11-2-1-9(6-15-11)7-16(4-3-14)10-5-12(17)18-8-10/h1-2,5-6H,3-4,7-8H2. The van der Waals surface area contributed by atoms with E-state index in [0.29, 0.717) is 17.4 Å². The predicted molar refractivity (Wildman–Crippen MR) is 64.7 cm³/mol. The summed E-state index contributed by atoms with van der Waals surface area (Å²) in [5.41, 5.74) is 1.58. The van der Waals surface area contributed by atoms with Crippen LogP contribution in [0.2, 0.25) is 5.15 Å². The van der Waals surface area contributed by atoms with Crippen LogP contribution in [0.3, 0.4) is 0 Å². The van der Waals surface area contributed by atoms with E-state index >= 15 is 0 Å². The number of cyclic esters (lactones) is 1. The van der Waals surface area contributed by atoms with Crippen molar-refractivity contribution in [3.8, 4) is 0 Å². The Hall–Kier alpha value is -1.62. The minimum Gasteiger partial charge on any atom is -0.456 e. The molecule has 0 bridgehead atoms. The average Bonchev–Trinajstić information content (AvgIpc) is 2.78. The minimum atomic E-state index is -0.494. The molecule has 4 nitrogen and oxygen atoms in total. The Labute approximate surface area is 109 Å². The summed E-state index contributed by atoms with van der Waals surface area (Å²) in [4.78, 5) is 16.7. The van der Waals surface area contributed by atoms with Gasteiger partial charge in [-0.3, -0.25) is 0 Å². The van der Waals surface area contributed by atoms with E-state index in [-0.39, 0.29) is 19.1 Å². The zero-order chi connectivity index (χ0) is 13.0. The highest BCUT2D eigenvalue weighted by atomic mass is 35.5. The van der Waals surface area contributed by atoms with E-state index in [0.717, 1.165) is 5.56 Å². The number of hydrogen-bond acceptors (Lipinski definition) is 4. The maximum atomic E-state index is 12.5. The molecule has 1 aliphatic heterocycles. The molecule has 1 aromatic rings. The third-order valence-corrected chi connectivity index (χ3v) is 2.79. The first kappa shape index (κ1) is 12.8. The number of aromatic nitrogens is 1. The van der Waals surface area contributed by atoms with Gasteiger partial charge < -0.3 is 9.64 Å². The first-order valence-electron chi connectivity index (χ1n) is 5.47. The monoisotopic (exact) mass is 270 g/mol. The summed E-state index contributed by atoms with van der Waals surface area (Å²) >= 11 is 5.69. The molecular formula is C12H12ClFN2O2. The van der Waals surface area contributed by atoms with Crippen LogP contribution in [0.1, 0.15) is 5.56 Å². The Bertz CT molecular complexity index is 462. The van der Waals surface area contributed by atoms with Crippen molar-refractivity contribution < 1.29 is 13.9 Å². The summed E-state index contributed by atoms with van der Waals surface area (Å²) in [7, 11) is 0. The normalized spacial score (nSPS) is 14.3. The van der Waals surface area contributed by atoms with Crippen LogP contribution in [0.4, 0.5) is 4.39 Å². The topological polar surface area (TPSA) is 42.4 Å². The molecule has 2 rings (SSSR count). The molecule has 0 amide bonds. The van der Waals surface area contributed by atoms with E-state index in [1.807, 2.05) is 6.07 Å². The Balaban J connectivity index is 2.08. The second-order valence-electron chi connectivity index (χ2n) is 3.84. The van der Waals surface area contributed by atoms with Gasteiger partial charge in [0, 0.05) is 25.4 Å². The molecule has 0 atom stereocenters. The lowest BCUT2D eigenvalue weighted by atomic mass is 10.2. The summed E-state index contributed by atoms with van der Waals surface area (Å²) in [5.74, 6) is -0.386. The van der Waals surface area contributed by atoms with Gasteiger partial charge >= 0.3 is 5.97 Å². The molecule has 0 saturated carbocycles. The molecule has 18 heavy (non-hydrogen) atoms. The third-order valence-electron chi connectivity index (χ3n) is 2.57. The van der Waals surface area contributed by atoms with Crippen molar-refractivity contribution in [3.63, 3.8) is 0 Å². The maximum Gasteiger partial charge on any atom is 0.333 e. The SMILES string of the molecule is O=C1C=C(N(CCF)Cc2ccc(Cl)nc2)CO1. The highest BCUT2D eigenvalue weighted by molar-refractivity contribution is 6.29. The largest absolute Gasteiger partial charge is 0.456 e. The molecule has 1 aromatic heterocycles. The van der Waals surface area contributed by atoms with Crippen LogP contribution in [0, 0.1) is 0 Å². The molecule has 6 heteroatoms. The van der Waals surface area contributed by atoms with Crippen molar-refractivity contribution in [2.45, 2.75) is 6.54 Å². The molecular weight excluding hydrogens is 259 g/mol. The first-order chi connectivity index (χ1) is 8.69. The van der Waals surface area contributed by atoms with Crippen LogP contribution in [0.15, 0.2) is 30.1 Å². The number of esters is 1. The lowest BCUT2D eigenvalue weighted by Gasteiger charge is -2.23. The van der Waals surface area contributed by atoms with Crippen LogP contribution < -0.4 is 0 Å². The number of halogens is 2. The van der Waals surface area contributed by atoms with E-state index in [1.165, 1.54) is 6.08 Å². The lowest BCUT2D eigenvalue weighted by Crippen LogP contribution is -2.25. The van der Waals surface area contributed by atoms with Gasteiger partial charge in [0.15, 0.2) is 0 Å². The number of pyridine rings is 1. The van der Waals surface area contributed by atoms with Gasteiger partial charge in [-0.2, -0.15) is 0 Å². The highest BCUT2D eigenvalue weighted by Gasteiger charge is 2.19. The van der Waals surface area contributed by atoms with Crippen LogP contribution in [-0.2, 0) is 16.1 Å². The van der Waals surface area contributed by atoms with Crippen LogP contribution in [0.5, 0.6) is 0 Å². The quantitative estimate of drug-likeness (QED) is 0.606. The zero-order valence-corrected chi connectivity index (χ0v) is 10.4. The Morgan fingerprint density at radius 3 is 2.89 bits per heavy atom. The van der Waals surface area contributed by atoms with Gasteiger partial charge in [-0.25, -0.2) is 14.2 Å². The summed E-state index contributed by atoms with van der Waals surface area (Å²) in [5, 5.41) is 0.411. The fourth-order valence-corrected chi connectivity index (χ4v) is 1.81. The molecule has 0 saturated heterocycles. The number of ether oxygens (including phenoxy) is 1. The van der Waals surface area contributed by atoms with Gasteiger partial charge in [0.05, 0.1) is 5.70 Å². The van der Waals surface area contributed by atoms with E-state index < -0.39 is 6.67 Å². The maximum absolute atomic E-state index is 12.5. The van der Waals surface area contributed by atoms with Crippen molar-refractivity contribution in [2.75, 3.05) is 19.8 Å². The van der Waals surface area contributed by atoms with Gasteiger partial charge in [-0.1, -0.05) is 17.7 Å². The van der Waals surface area contributed by atoms with Crippen molar-refractivity contribution in [2.24, 2.45) is 0 Å². The second-order valence-corrected chi connectivity index (χ2v) is 4.23. The van der Waals surface area contributed by atoms with Gasteiger partial charge in [-0.05, 0) is 11.6 Å². The molecule has 0 aromatic carbocycles. The summed E-state index contributed by atoms with van der Waals surface area (Å²) in [6.45, 7) is 0.383. The van der Waals surface area contributed by atoms with Crippen molar-refractivity contribution in [1.82, 2.24) is 9.88 Å². The minimum absolute atomic E-state index is 0.194. The Morgan fingerprint density at radius 2 is 2.33 bits per heavy atom. The van der Waals surface area contributed by atoms with Gasteiger partial charge in [-0.15, -0.1) is 0 Å². The number of carbonyl (C=O) groups excluding carboxylic acids is 1. The smallest absolute Gasteiger partial charge is 0.333 e. The molecule has 0 aliphatic carbocycles. The average molecular weight is 271 g/mol. The fraction of sp³-hybridized carbons (Fsp3) is 0.333. The van der Waals surface area contributed by atoms with E-state index in [4.69, 9.17) is 16.3 Å². The zero-order valence-electron chi connectivity index (χ0n) is 9.60. The molecule has 0 radical (unpaired) electrons. The van der Waals surface area contributed by atoms with E-state index in [1.54, 1.807) is 17.2 Å². The predicted octanol–water partition coefficient (Wildman–Crippen LogP) is 1.95. The molecule has 0 spiro atoms. The fourth-order valence-electron chi connectivity index (χ4n) is 1.69. The van der Waals surface area contributed by atoms with Crippen molar-refractivity contribution >= 4 is 17.6 Å². The van der Waals surface area contributed by atoms with Crippen LogP contribution in [0.25, 0.3) is 0 Å². The molecule has 1 aliphatic rings. The molecule has 2 heterocycles. The van der Waals surface area contributed by atoms with E-state index in [2.05, 4.69) is 4.98 Å². The van der Waals surface area contributed by atoms with Crippen molar-refractivity contribution in [3.05, 3.63) is 40.8 Å². The molecule has 0 unspecified atom stereocenters. The van der Waals surface area contributed by atoms with Crippen molar-refractivity contribution in [1.29, 1.82) is 0 Å². The van der Waals surface area contributed by atoms with Crippen LogP contribution >= 0.6 is 11.6 Å². The Kier molecular flexibility index (Phi) is 4.15. The number of alkyl halides is 1. The number of nitrogens with zero attached hydrogens (tertiary/aromatic N) is 2. The first-order valence-corrected chi connectivity index (χ1v) is 5.85. The molecule has 0 fully saturated rings. The molecule has 96 valence electrons. The number of carbonyl (C=O) groups is 1. The van der Waals surface area contributed by atoms with Crippen LogP contribution in [-0.4, -0.2) is 35.7 Å². The highest BCUT2D eigenvalue weighted by Crippen LogP contribution is 2.16. The third kappa shape index (κ3) is 3.20. The Morgan fingerprint density at radius 1 is 1.50 bits per heavy atom. The van der Waals surface area contributed by atoms with Gasteiger partial charge in [0.2, 0.25) is 0 Å². The number of rotatable bonds is 5. The van der Waals surface area contributed by atoms with Gasteiger partial charge in [0.1, 0.15) is 18.4 Å². The summed E-state index contributed by atoms with van der Waals surface area (Å²) in [6.07, 6.45) is 3.02. The van der Waals surface area contributed by atoms with Gasteiger partial charge in [0.25, 0.3) is 0 Å².